The lowest BCUT2D eigenvalue weighted by atomic mass is 10.1. The van der Waals surface area contributed by atoms with Crippen molar-refractivity contribution in [3.63, 3.8) is 0 Å². The Morgan fingerprint density at radius 1 is 1.12 bits per heavy atom. The first kappa shape index (κ1) is 22.9. The Morgan fingerprint density at radius 2 is 1.85 bits per heavy atom. The fourth-order valence-electron chi connectivity index (χ4n) is 3.43. The average molecular weight is 487 g/mol. The van der Waals surface area contributed by atoms with Crippen molar-refractivity contribution in [1.82, 2.24) is 5.32 Å². The number of hydrogen-bond acceptors (Lipinski definition) is 5. The Kier molecular flexibility index (Phi) is 6.76. The molecule has 0 aromatic heterocycles. The molecule has 0 saturated carbocycles. The SMILES string of the molecule is Cc1ccc2c(c1)N(S(=O)(=O)c1ccccc1)C[C@H](C(=O)NCCOc1ccc(Cl)cc1)O2. The number of halogens is 1. The van der Waals surface area contributed by atoms with E-state index in [1.54, 1.807) is 54.6 Å². The van der Waals surface area contributed by atoms with E-state index in [2.05, 4.69) is 5.32 Å². The van der Waals surface area contributed by atoms with Crippen LogP contribution in [0.15, 0.2) is 77.7 Å². The summed E-state index contributed by atoms with van der Waals surface area (Å²) in [7, 11) is -3.89. The van der Waals surface area contributed by atoms with Gasteiger partial charge in [0.2, 0.25) is 0 Å². The lowest BCUT2D eigenvalue weighted by Gasteiger charge is -2.35. The van der Waals surface area contributed by atoms with Crippen LogP contribution in [-0.2, 0) is 14.8 Å². The van der Waals surface area contributed by atoms with Gasteiger partial charge in [0.1, 0.15) is 18.1 Å². The number of hydrogen-bond donors (Lipinski definition) is 1. The summed E-state index contributed by atoms with van der Waals surface area (Å²) in [5.41, 5.74) is 1.29. The summed E-state index contributed by atoms with van der Waals surface area (Å²) in [4.78, 5) is 13.0. The molecule has 0 fully saturated rings. The molecule has 1 N–H and O–H groups in total. The van der Waals surface area contributed by atoms with Crippen LogP contribution in [0.2, 0.25) is 5.02 Å². The van der Waals surface area contributed by atoms with E-state index in [0.29, 0.717) is 22.2 Å². The smallest absolute Gasteiger partial charge is 0.264 e. The molecule has 172 valence electrons. The zero-order valence-electron chi connectivity index (χ0n) is 17.9. The van der Waals surface area contributed by atoms with E-state index >= 15 is 0 Å². The molecule has 33 heavy (non-hydrogen) atoms. The van der Waals surface area contributed by atoms with Crippen molar-refractivity contribution in [2.75, 3.05) is 24.0 Å². The summed E-state index contributed by atoms with van der Waals surface area (Å²) in [5.74, 6) is 0.546. The van der Waals surface area contributed by atoms with Gasteiger partial charge in [0.25, 0.3) is 15.9 Å². The van der Waals surface area contributed by atoms with Crippen LogP contribution in [0.5, 0.6) is 11.5 Å². The number of amides is 1. The minimum absolute atomic E-state index is 0.141. The molecule has 0 aliphatic carbocycles. The molecule has 0 radical (unpaired) electrons. The highest BCUT2D eigenvalue weighted by Crippen LogP contribution is 2.37. The summed E-state index contributed by atoms with van der Waals surface area (Å²) in [6.07, 6.45) is -1.01. The number of carbonyl (C=O) groups excluding carboxylic acids is 1. The topological polar surface area (TPSA) is 84.9 Å². The Hall–Kier alpha value is -3.23. The van der Waals surface area contributed by atoms with Gasteiger partial charge in [0.05, 0.1) is 23.7 Å². The summed E-state index contributed by atoms with van der Waals surface area (Å²) >= 11 is 5.85. The van der Waals surface area contributed by atoms with Crippen LogP contribution in [-0.4, -0.2) is 40.1 Å². The van der Waals surface area contributed by atoms with E-state index in [-0.39, 0.29) is 24.6 Å². The van der Waals surface area contributed by atoms with E-state index in [4.69, 9.17) is 21.1 Å². The minimum Gasteiger partial charge on any atom is -0.492 e. The van der Waals surface area contributed by atoms with E-state index in [1.165, 1.54) is 16.4 Å². The van der Waals surface area contributed by atoms with Gasteiger partial charge < -0.3 is 14.8 Å². The number of sulfonamides is 1. The van der Waals surface area contributed by atoms with Crippen molar-refractivity contribution < 1.29 is 22.7 Å². The molecule has 3 aromatic rings. The number of nitrogens with one attached hydrogen (secondary N) is 1. The van der Waals surface area contributed by atoms with Crippen molar-refractivity contribution in [2.24, 2.45) is 0 Å². The van der Waals surface area contributed by atoms with Gasteiger partial charge in [0.15, 0.2) is 6.10 Å². The van der Waals surface area contributed by atoms with Gasteiger partial charge in [-0.1, -0.05) is 35.9 Å². The second-order valence-electron chi connectivity index (χ2n) is 7.52. The van der Waals surface area contributed by atoms with Gasteiger partial charge in [-0.05, 0) is 61.0 Å². The molecule has 0 spiro atoms. The number of anilines is 1. The monoisotopic (exact) mass is 486 g/mol. The Labute approximate surface area is 197 Å². The Bertz CT molecular complexity index is 1230. The van der Waals surface area contributed by atoms with Gasteiger partial charge in [-0.3, -0.25) is 9.10 Å². The van der Waals surface area contributed by atoms with Crippen LogP contribution >= 0.6 is 11.6 Å². The van der Waals surface area contributed by atoms with Crippen LogP contribution in [0.3, 0.4) is 0 Å². The number of fused-ring (bicyclic) bond motifs is 1. The van der Waals surface area contributed by atoms with E-state index in [9.17, 15) is 13.2 Å². The predicted molar refractivity (Wildman–Crippen MR) is 127 cm³/mol. The second-order valence-corrected chi connectivity index (χ2v) is 9.82. The van der Waals surface area contributed by atoms with Gasteiger partial charge in [-0.25, -0.2) is 8.42 Å². The van der Waals surface area contributed by atoms with Crippen LogP contribution in [0, 0.1) is 6.92 Å². The first-order chi connectivity index (χ1) is 15.8. The standard InChI is InChI=1S/C24H23ClN2O5S/c1-17-7-12-22-21(15-17)27(33(29,30)20-5-3-2-4-6-20)16-23(32-22)24(28)26-13-14-31-19-10-8-18(25)9-11-19/h2-12,15,23H,13-14,16H2,1H3,(H,26,28)/t23-/m1/s1. The second kappa shape index (κ2) is 9.72. The summed E-state index contributed by atoms with van der Waals surface area (Å²) in [6, 6.07) is 20.3. The van der Waals surface area contributed by atoms with Gasteiger partial charge in [-0.2, -0.15) is 0 Å². The molecule has 1 aliphatic rings. The number of carbonyl (C=O) groups is 1. The third-order valence-electron chi connectivity index (χ3n) is 5.09. The Morgan fingerprint density at radius 3 is 2.58 bits per heavy atom. The van der Waals surface area contributed by atoms with Crippen molar-refractivity contribution in [1.29, 1.82) is 0 Å². The molecule has 9 heteroatoms. The number of ether oxygens (including phenoxy) is 2. The predicted octanol–water partition coefficient (Wildman–Crippen LogP) is 3.80. The molecule has 1 amide bonds. The van der Waals surface area contributed by atoms with Crippen LogP contribution < -0.4 is 19.1 Å². The lowest BCUT2D eigenvalue weighted by molar-refractivity contribution is -0.127. The summed E-state index contributed by atoms with van der Waals surface area (Å²) in [6.45, 7) is 2.19. The molecule has 0 unspecified atom stereocenters. The van der Waals surface area contributed by atoms with Crippen molar-refractivity contribution in [2.45, 2.75) is 17.9 Å². The molecule has 4 rings (SSSR count). The first-order valence-electron chi connectivity index (χ1n) is 10.4. The molecule has 1 aliphatic heterocycles. The van der Waals surface area contributed by atoms with Gasteiger partial charge >= 0.3 is 0 Å². The quantitative estimate of drug-likeness (QED) is 0.513. The highest BCUT2D eigenvalue weighted by atomic mass is 35.5. The molecule has 1 atom stereocenters. The molecule has 7 nitrogen and oxygen atoms in total. The number of nitrogens with zero attached hydrogens (tertiary/aromatic N) is 1. The highest BCUT2D eigenvalue weighted by Gasteiger charge is 2.37. The van der Waals surface area contributed by atoms with Gasteiger partial charge in [-0.15, -0.1) is 0 Å². The molecule has 0 bridgehead atoms. The highest BCUT2D eigenvalue weighted by molar-refractivity contribution is 7.92. The largest absolute Gasteiger partial charge is 0.492 e. The van der Waals surface area contributed by atoms with Crippen LogP contribution in [0.25, 0.3) is 0 Å². The van der Waals surface area contributed by atoms with Crippen molar-refractivity contribution >= 4 is 33.2 Å². The van der Waals surface area contributed by atoms with Gasteiger partial charge in [0, 0.05) is 5.02 Å². The number of aryl methyl sites for hydroxylation is 1. The zero-order chi connectivity index (χ0) is 23.4. The first-order valence-corrected chi connectivity index (χ1v) is 12.2. The lowest BCUT2D eigenvalue weighted by Crippen LogP contribution is -2.51. The van der Waals surface area contributed by atoms with E-state index < -0.39 is 22.0 Å². The summed E-state index contributed by atoms with van der Waals surface area (Å²) < 4.78 is 39.4. The maximum absolute atomic E-state index is 13.4. The number of benzene rings is 3. The molecular weight excluding hydrogens is 464 g/mol. The maximum Gasteiger partial charge on any atom is 0.264 e. The average Bonchev–Trinajstić information content (AvgIpc) is 2.82. The van der Waals surface area contributed by atoms with Crippen molar-refractivity contribution in [3.05, 3.63) is 83.4 Å². The van der Waals surface area contributed by atoms with E-state index in [1.807, 2.05) is 13.0 Å². The Balaban J connectivity index is 1.47. The third-order valence-corrected chi connectivity index (χ3v) is 7.14. The zero-order valence-corrected chi connectivity index (χ0v) is 19.5. The van der Waals surface area contributed by atoms with Crippen LogP contribution in [0.1, 0.15) is 5.56 Å². The molecular formula is C24H23ClN2O5S. The fraction of sp³-hybridized carbons (Fsp3) is 0.208. The molecule has 1 heterocycles. The normalized spacial score (nSPS) is 15.3. The molecule has 3 aromatic carbocycles. The molecule has 0 saturated heterocycles. The third kappa shape index (κ3) is 5.23. The minimum atomic E-state index is -3.89. The number of rotatable bonds is 7. The maximum atomic E-state index is 13.4. The van der Waals surface area contributed by atoms with E-state index in [0.717, 1.165) is 5.56 Å². The van der Waals surface area contributed by atoms with Crippen molar-refractivity contribution in [3.8, 4) is 11.5 Å². The summed E-state index contributed by atoms with van der Waals surface area (Å²) in [5, 5.41) is 3.36. The van der Waals surface area contributed by atoms with Crippen LogP contribution in [0.4, 0.5) is 5.69 Å². The fourth-order valence-corrected chi connectivity index (χ4v) is 5.05.